The summed E-state index contributed by atoms with van der Waals surface area (Å²) in [6.07, 6.45) is 1.11. The largest absolute Gasteiger partial charge is 0.497 e. The fraction of sp³-hybridized carbons (Fsp3) is 0.300. The Morgan fingerprint density at radius 2 is 1.68 bits per heavy atom. The van der Waals surface area contributed by atoms with Crippen LogP contribution < -0.4 is 28.4 Å². The van der Waals surface area contributed by atoms with E-state index in [4.69, 9.17) is 33.2 Å². The first-order valence-corrected chi connectivity index (χ1v) is 12.5. The molecular formula is C30H30O8. The molecular weight excluding hydrogens is 488 g/mol. The third-order valence-electron chi connectivity index (χ3n) is 6.55. The Balaban J connectivity index is 1.75. The van der Waals surface area contributed by atoms with Gasteiger partial charge in [-0.2, -0.15) is 0 Å². The highest BCUT2D eigenvalue weighted by atomic mass is 16.7. The molecule has 2 aliphatic heterocycles. The molecule has 1 atom stereocenters. The number of carbonyl (C=O) groups excluding carboxylic acids is 1. The van der Waals surface area contributed by atoms with Gasteiger partial charge in [-0.25, -0.2) is 4.79 Å². The number of fused-ring (bicyclic) bond motifs is 2. The number of rotatable bonds is 9. The van der Waals surface area contributed by atoms with E-state index in [9.17, 15) is 4.79 Å². The predicted molar refractivity (Wildman–Crippen MR) is 140 cm³/mol. The smallest absolute Gasteiger partial charge is 0.338 e. The standard InChI is InChI=1S/C30H30O8/c1-5-6-13-35-20-9-12-24-21(16-20)27(18-7-10-25-26(14-18)37-17-36-25)28(30(31)34-4)29(38-24)22-15-19(32-2)8-11-23(22)33-3/h7-12,14-16,29H,5-6,13,17H2,1-4H3. The van der Waals surface area contributed by atoms with Gasteiger partial charge in [0.05, 0.1) is 33.5 Å². The third kappa shape index (κ3) is 4.69. The molecule has 0 spiro atoms. The van der Waals surface area contributed by atoms with Crippen LogP contribution in [0, 0.1) is 0 Å². The average Bonchev–Trinajstić information content (AvgIpc) is 3.43. The summed E-state index contributed by atoms with van der Waals surface area (Å²) in [4.78, 5) is 13.5. The first-order valence-electron chi connectivity index (χ1n) is 12.5. The molecule has 0 saturated carbocycles. The van der Waals surface area contributed by atoms with E-state index in [1.54, 1.807) is 32.4 Å². The van der Waals surface area contributed by atoms with E-state index in [1.165, 1.54) is 7.11 Å². The maximum absolute atomic E-state index is 13.5. The highest BCUT2D eigenvalue weighted by molar-refractivity contribution is 6.05. The first kappa shape index (κ1) is 25.3. The van der Waals surface area contributed by atoms with Crippen LogP contribution in [0.5, 0.6) is 34.5 Å². The predicted octanol–water partition coefficient (Wildman–Crippen LogP) is 5.72. The lowest BCUT2D eigenvalue weighted by Crippen LogP contribution is -2.25. The van der Waals surface area contributed by atoms with Gasteiger partial charge in [0.1, 0.15) is 23.0 Å². The van der Waals surface area contributed by atoms with Crippen LogP contribution in [0.2, 0.25) is 0 Å². The Bertz CT molecular complexity index is 1380. The molecule has 198 valence electrons. The summed E-state index contributed by atoms with van der Waals surface area (Å²) >= 11 is 0. The molecule has 0 radical (unpaired) electrons. The third-order valence-corrected chi connectivity index (χ3v) is 6.55. The normalized spacial score (nSPS) is 15.4. The van der Waals surface area contributed by atoms with Crippen LogP contribution in [0.25, 0.3) is 5.57 Å². The zero-order chi connectivity index (χ0) is 26.6. The van der Waals surface area contributed by atoms with E-state index in [0.717, 1.165) is 18.4 Å². The Labute approximate surface area is 221 Å². The van der Waals surface area contributed by atoms with Gasteiger partial charge in [-0.15, -0.1) is 0 Å². The summed E-state index contributed by atoms with van der Waals surface area (Å²) < 4.78 is 40.1. The molecule has 38 heavy (non-hydrogen) atoms. The van der Waals surface area contributed by atoms with Crippen molar-refractivity contribution >= 4 is 11.5 Å². The van der Waals surface area contributed by atoms with Crippen LogP contribution in [-0.4, -0.2) is 40.7 Å². The van der Waals surface area contributed by atoms with Crippen molar-refractivity contribution in [1.82, 2.24) is 0 Å². The van der Waals surface area contributed by atoms with Crippen LogP contribution in [0.4, 0.5) is 0 Å². The molecule has 0 N–H and O–H groups in total. The number of benzene rings is 3. The SMILES string of the molecule is CCCCOc1ccc2c(c1)C(c1ccc3c(c1)OCO3)=C(C(=O)OC)C(c1cc(OC)ccc1OC)O2. The van der Waals surface area contributed by atoms with Crippen molar-refractivity contribution in [2.24, 2.45) is 0 Å². The topological polar surface area (TPSA) is 81.7 Å². The van der Waals surface area contributed by atoms with Crippen LogP contribution in [0.3, 0.4) is 0 Å². The maximum Gasteiger partial charge on any atom is 0.338 e. The van der Waals surface area contributed by atoms with Gasteiger partial charge < -0.3 is 33.2 Å². The number of methoxy groups -OCH3 is 3. The average molecular weight is 519 g/mol. The molecule has 0 aromatic heterocycles. The number of ether oxygens (including phenoxy) is 7. The second-order valence-electron chi connectivity index (χ2n) is 8.81. The van der Waals surface area contributed by atoms with Crippen molar-refractivity contribution in [1.29, 1.82) is 0 Å². The first-order chi connectivity index (χ1) is 18.6. The fourth-order valence-corrected chi connectivity index (χ4v) is 4.64. The van der Waals surface area contributed by atoms with Crippen LogP contribution >= 0.6 is 0 Å². The monoisotopic (exact) mass is 518 g/mol. The van der Waals surface area contributed by atoms with Gasteiger partial charge in [0, 0.05) is 16.7 Å². The van der Waals surface area contributed by atoms with Crippen molar-refractivity contribution in [3.05, 3.63) is 76.9 Å². The minimum absolute atomic E-state index is 0.139. The summed E-state index contributed by atoms with van der Waals surface area (Å²) in [5, 5.41) is 0. The molecule has 0 amide bonds. The van der Waals surface area contributed by atoms with Crippen molar-refractivity contribution in [3.63, 3.8) is 0 Å². The molecule has 0 saturated heterocycles. The van der Waals surface area contributed by atoms with Gasteiger partial charge in [0.2, 0.25) is 6.79 Å². The minimum atomic E-state index is -0.840. The second kappa shape index (κ2) is 11.0. The zero-order valence-electron chi connectivity index (χ0n) is 21.9. The second-order valence-corrected chi connectivity index (χ2v) is 8.81. The summed E-state index contributed by atoms with van der Waals surface area (Å²) in [5.74, 6) is 3.12. The molecule has 0 bridgehead atoms. The van der Waals surface area contributed by atoms with Gasteiger partial charge >= 0.3 is 5.97 Å². The number of esters is 1. The van der Waals surface area contributed by atoms with Crippen LogP contribution in [-0.2, 0) is 9.53 Å². The quantitative estimate of drug-likeness (QED) is 0.263. The minimum Gasteiger partial charge on any atom is -0.497 e. The lowest BCUT2D eigenvalue weighted by atomic mass is 9.85. The molecule has 1 unspecified atom stereocenters. The van der Waals surface area contributed by atoms with Gasteiger partial charge in [-0.3, -0.25) is 0 Å². The lowest BCUT2D eigenvalue weighted by molar-refractivity contribution is -0.137. The van der Waals surface area contributed by atoms with Gasteiger partial charge in [0.25, 0.3) is 0 Å². The van der Waals surface area contributed by atoms with Gasteiger partial charge in [-0.1, -0.05) is 19.4 Å². The highest BCUT2D eigenvalue weighted by Crippen LogP contribution is 2.49. The van der Waals surface area contributed by atoms with Gasteiger partial charge in [-0.05, 0) is 60.5 Å². The maximum atomic E-state index is 13.5. The Morgan fingerprint density at radius 3 is 2.45 bits per heavy atom. The molecule has 3 aromatic rings. The fourth-order valence-electron chi connectivity index (χ4n) is 4.64. The van der Waals surface area contributed by atoms with Crippen LogP contribution in [0.15, 0.2) is 60.2 Å². The van der Waals surface area contributed by atoms with E-state index >= 15 is 0 Å². The van der Waals surface area contributed by atoms with Crippen molar-refractivity contribution in [2.45, 2.75) is 25.9 Å². The lowest BCUT2D eigenvalue weighted by Gasteiger charge is -2.31. The highest BCUT2D eigenvalue weighted by Gasteiger charge is 2.38. The Morgan fingerprint density at radius 1 is 0.895 bits per heavy atom. The van der Waals surface area contributed by atoms with E-state index in [-0.39, 0.29) is 6.79 Å². The summed E-state index contributed by atoms with van der Waals surface area (Å²) in [6, 6.07) is 16.6. The van der Waals surface area contributed by atoms with E-state index in [2.05, 4.69) is 6.92 Å². The van der Waals surface area contributed by atoms with Crippen molar-refractivity contribution < 1.29 is 38.0 Å². The molecule has 2 aliphatic rings. The number of unbranched alkanes of at least 4 members (excludes halogenated alkanes) is 1. The van der Waals surface area contributed by atoms with Crippen molar-refractivity contribution in [3.8, 4) is 34.5 Å². The molecule has 8 heteroatoms. The molecule has 8 nitrogen and oxygen atoms in total. The summed E-state index contributed by atoms with van der Waals surface area (Å²) in [6.45, 7) is 2.84. The number of carbonyl (C=O) groups is 1. The number of hydrogen-bond donors (Lipinski definition) is 0. The molecule has 0 aliphatic carbocycles. The molecule has 0 fully saturated rings. The Kier molecular flexibility index (Phi) is 7.31. The Hall–Kier alpha value is -4.33. The van der Waals surface area contributed by atoms with E-state index in [0.29, 0.717) is 63.4 Å². The molecule has 3 aromatic carbocycles. The van der Waals surface area contributed by atoms with Gasteiger partial charge in [0.15, 0.2) is 17.6 Å². The van der Waals surface area contributed by atoms with E-state index < -0.39 is 12.1 Å². The van der Waals surface area contributed by atoms with E-state index in [1.807, 2.05) is 36.4 Å². The summed E-state index contributed by atoms with van der Waals surface area (Å²) in [7, 11) is 4.51. The number of hydrogen-bond acceptors (Lipinski definition) is 8. The van der Waals surface area contributed by atoms with Crippen molar-refractivity contribution in [2.75, 3.05) is 34.7 Å². The zero-order valence-corrected chi connectivity index (χ0v) is 21.9. The summed E-state index contributed by atoms with van der Waals surface area (Å²) in [5.41, 5.74) is 3.04. The van der Waals surface area contributed by atoms with Crippen LogP contribution in [0.1, 0.15) is 42.6 Å². The molecule has 5 rings (SSSR count). The molecule has 2 heterocycles.